The Morgan fingerprint density at radius 3 is 2.67 bits per heavy atom. The van der Waals surface area contributed by atoms with E-state index in [4.69, 9.17) is 10.5 Å². The highest BCUT2D eigenvalue weighted by Crippen LogP contribution is 2.18. The standard InChI is InChI=1S/C11H20N2O2/c12-8-4-1-2-5-9(8)13-11(14)10-6-3-7-15-10/h8-10H,1-7,12H2,(H,13,14)/t8-,9-,10?/m1/s1. The molecule has 4 nitrogen and oxygen atoms in total. The first-order valence-corrected chi connectivity index (χ1v) is 5.95. The third kappa shape index (κ3) is 2.69. The molecule has 0 aromatic rings. The quantitative estimate of drug-likeness (QED) is 0.702. The normalized spacial score (nSPS) is 36.5. The van der Waals surface area contributed by atoms with Crippen LogP contribution >= 0.6 is 0 Å². The summed E-state index contributed by atoms with van der Waals surface area (Å²) in [7, 11) is 0. The van der Waals surface area contributed by atoms with Gasteiger partial charge >= 0.3 is 0 Å². The monoisotopic (exact) mass is 212 g/mol. The largest absolute Gasteiger partial charge is 0.368 e. The predicted octanol–water partition coefficient (Wildman–Crippen LogP) is 0.551. The minimum Gasteiger partial charge on any atom is -0.368 e. The first kappa shape index (κ1) is 10.9. The minimum absolute atomic E-state index is 0.0369. The van der Waals surface area contributed by atoms with Gasteiger partial charge in [-0.15, -0.1) is 0 Å². The fourth-order valence-electron chi connectivity index (χ4n) is 2.40. The molecule has 1 aliphatic carbocycles. The number of amides is 1. The zero-order valence-corrected chi connectivity index (χ0v) is 9.08. The molecular formula is C11H20N2O2. The summed E-state index contributed by atoms with van der Waals surface area (Å²) >= 11 is 0. The molecule has 1 amide bonds. The predicted molar refractivity (Wildman–Crippen MR) is 57.3 cm³/mol. The van der Waals surface area contributed by atoms with E-state index in [0.29, 0.717) is 0 Å². The van der Waals surface area contributed by atoms with Crippen molar-refractivity contribution in [2.45, 2.75) is 56.7 Å². The number of hydrogen-bond donors (Lipinski definition) is 2. The third-order valence-corrected chi connectivity index (χ3v) is 3.37. The third-order valence-electron chi connectivity index (χ3n) is 3.37. The van der Waals surface area contributed by atoms with E-state index in [1.807, 2.05) is 0 Å². The molecule has 15 heavy (non-hydrogen) atoms. The average Bonchev–Trinajstić information content (AvgIpc) is 2.74. The van der Waals surface area contributed by atoms with Crippen molar-refractivity contribution in [3.05, 3.63) is 0 Å². The molecule has 4 heteroatoms. The maximum Gasteiger partial charge on any atom is 0.249 e. The van der Waals surface area contributed by atoms with Crippen LogP contribution in [0.2, 0.25) is 0 Å². The summed E-state index contributed by atoms with van der Waals surface area (Å²) < 4.78 is 5.34. The van der Waals surface area contributed by atoms with Gasteiger partial charge in [-0.25, -0.2) is 0 Å². The van der Waals surface area contributed by atoms with Crippen LogP contribution in [0.4, 0.5) is 0 Å². The van der Waals surface area contributed by atoms with Crippen LogP contribution in [0.25, 0.3) is 0 Å². The van der Waals surface area contributed by atoms with E-state index in [2.05, 4.69) is 5.32 Å². The Hall–Kier alpha value is -0.610. The fraction of sp³-hybridized carbons (Fsp3) is 0.909. The summed E-state index contributed by atoms with van der Waals surface area (Å²) in [6, 6.07) is 0.291. The number of ether oxygens (including phenoxy) is 1. The molecule has 86 valence electrons. The Kier molecular flexibility index (Phi) is 3.59. The highest BCUT2D eigenvalue weighted by Gasteiger charge is 2.28. The number of carbonyl (C=O) groups excluding carboxylic acids is 1. The molecule has 2 rings (SSSR count). The lowest BCUT2D eigenvalue weighted by Crippen LogP contribution is -2.51. The van der Waals surface area contributed by atoms with Gasteiger partial charge in [-0.05, 0) is 25.7 Å². The van der Waals surface area contributed by atoms with E-state index in [0.717, 1.165) is 32.3 Å². The van der Waals surface area contributed by atoms with Gasteiger partial charge in [0.25, 0.3) is 0 Å². The number of carbonyl (C=O) groups is 1. The summed E-state index contributed by atoms with van der Waals surface area (Å²) in [6.45, 7) is 0.717. The minimum atomic E-state index is -0.223. The first-order valence-electron chi connectivity index (χ1n) is 5.95. The second kappa shape index (κ2) is 4.94. The Labute approximate surface area is 90.5 Å². The highest BCUT2D eigenvalue weighted by molar-refractivity contribution is 5.81. The Morgan fingerprint density at radius 2 is 2.00 bits per heavy atom. The lowest BCUT2D eigenvalue weighted by atomic mass is 9.91. The fourth-order valence-corrected chi connectivity index (χ4v) is 2.40. The molecule has 2 aliphatic rings. The van der Waals surface area contributed by atoms with E-state index in [1.54, 1.807) is 0 Å². The van der Waals surface area contributed by atoms with Crippen LogP contribution in [0.1, 0.15) is 38.5 Å². The zero-order valence-electron chi connectivity index (χ0n) is 9.08. The van der Waals surface area contributed by atoms with Crippen molar-refractivity contribution >= 4 is 5.91 Å². The Morgan fingerprint density at radius 1 is 1.20 bits per heavy atom. The summed E-state index contributed by atoms with van der Waals surface area (Å²) in [5.41, 5.74) is 5.97. The SMILES string of the molecule is N[C@@H]1CCCC[C@H]1NC(=O)C1CCCO1. The second-order valence-corrected chi connectivity index (χ2v) is 4.57. The van der Waals surface area contributed by atoms with Gasteiger partial charge in [-0.3, -0.25) is 4.79 Å². The smallest absolute Gasteiger partial charge is 0.249 e. The van der Waals surface area contributed by atoms with E-state index in [1.165, 1.54) is 12.8 Å². The van der Waals surface area contributed by atoms with Crippen LogP contribution in [0, 0.1) is 0 Å². The summed E-state index contributed by atoms with van der Waals surface area (Å²) in [4.78, 5) is 11.8. The van der Waals surface area contributed by atoms with Crippen LogP contribution in [0.5, 0.6) is 0 Å². The van der Waals surface area contributed by atoms with Crippen LogP contribution in [0.3, 0.4) is 0 Å². The second-order valence-electron chi connectivity index (χ2n) is 4.57. The van der Waals surface area contributed by atoms with Crippen LogP contribution < -0.4 is 11.1 Å². The van der Waals surface area contributed by atoms with Gasteiger partial charge < -0.3 is 15.8 Å². The molecule has 1 heterocycles. The first-order chi connectivity index (χ1) is 7.27. The van der Waals surface area contributed by atoms with E-state index < -0.39 is 0 Å². The molecular weight excluding hydrogens is 192 g/mol. The van der Waals surface area contributed by atoms with E-state index >= 15 is 0 Å². The van der Waals surface area contributed by atoms with Crippen molar-refractivity contribution in [3.8, 4) is 0 Å². The van der Waals surface area contributed by atoms with Crippen LogP contribution in [-0.2, 0) is 9.53 Å². The summed E-state index contributed by atoms with van der Waals surface area (Å²) in [5, 5.41) is 3.02. The lowest BCUT2D eigenvalue weighted by molar-refractivity contribution is -0.131. The van der Waals surface area contributed by atoms with Crippen molar-refractivity contribution in [1.29, 1.82) is 0 Å². The Bertz CT molecular complexity index is 227. The van der Waals surface area contributed by atoms with Crippen molar-refractivity contribution in [2.75, 3.05) is 6.61 Å². The molecule has 0 aromatic heterocycles. The highest BCUT2D eigenvalue weighted by atomic mass is 16.5. The molecule has 2 fully saturated rings. The van der Waals surface area contributed by atoms with Gasteiger partial charge in [0.05, 0.1) is 0 Å². The van der Waals surface area contributed by atoms with Gasteiger partial charge in [-0.2, -0.15) is 0 Å². The van der Waals surface area contributed by atoms with Gasteiger partial charge in [0, 0.05) is 18.7 Å². The van der Waals surface area contributed by atoms with Crippen LogP contribution in [-0.4, -0.2) is 30.7 Å². The molecule has 0 spiro atoms. The molecule has 0 radical (unpaired) electrons. The van der Waals surface area contributed by atoms with Crippen molar-refractivity contribution in [3.63, 3.8) is 0 Å². The van der Waals surface area contributed by atoms with Gasteiger partial charge in [0.1, 0.15) is 6.10 Å². The summed E-state index contributed by atoms with van der Waals surface area (Å²) in [6.07, 6.45) is 6.02. The van der Waals surface area contributed by atoms with Crippen molar-refractivity contribution in [1.82, 2.24) is 5.32 Å². The molecule has 0 aromatic carbocycles. The maximum absolute atomic E-state index is 11.8. The molecule has 1 unspecified atom stereocenters. The number of nitrogens with two attached hydrogens (primary N) is 1. The van der Waals surface area contributed by atoms with Crippen molar-refractivity contribution in [2.24, 2.45) is 5.73 Å². The molecule has 0 bridgehead atoms. The Balaban J connectivity index is 1.81. The summed E-state index contributed by atoms with van der Waals surface area (Å²) in [5.74, 6) is 0.0369. The average molecular weight is 212 g/mol. The molecule has 1 saturated heterocycles. The topological polar surface area (TPSA) is 64.3 Å². The number of nitrogens with one attached hydrogen (secondary N) is 1. The van der Waals surface area contributed by atoms with E-state index in [9.17, 15) is 4.79 Å². The van der Waals surface area contributed by atoms with Gasteiger partial charge in [-0.1, -0.05) is 12.8 Å². The van der Waals surface area contributed by atoms with Gasteiger partial charge in [0.15, 0.2) is 0 Å². The molecule has 3 N–H and O–H groups in total. The van der Waals surface area contributed by atoms with Gasteiger partial charge in [0.2, 0.25) is 5.91 Å². The van der Waals surface area contributed by atoms with Crippen molar-refractivity contribution < 1.29 is 9.53 Å². The number of hydrogen-bond acceptors (Lipinski definition) is 3. The lowest BCUT2D eigenvalue weighted by Gasteiger charge is -2.30. The molecule has 1 saturated carbocycles. The number of rotatable bonds is 2. The van der Waals surface area contributed by atoms with Crippen LogP contribution in [0.15, 0.2) is 0 Å². The molecule has 1 aliphatic heterocycles. The zero-order chi connectivity index (χ0) is 10.7. The molecule has 3 atom stereocenters. The maximum atomic E-state index is 11.8. The van der Waals surface area contributed by atoms with E-state index in [-0.39, 0.29) is 24.1 Å².